The second kappa shape index (κ2) is 3.93. The Morgan fingerprint density at radius 3 is 1.44 bits per heavy atom. The zero-order chi connectivity index (χ0) is 6.78. The molecular formula is C3F5Zn-. The molecule has 0 aliphatic rings. The number of hydrogen-bond donors (Lipinski definition) is 0. The van der Waals surface area contributed by atoms with E-state index in [2.05, 4.69) is 0 Å². The summed E-state index contributed by atoms with van der Waals surface area (Å²) in [6.07, 6.45) is -7.90. The Hall–Kier alpha value is 0.0134. The first-order valence-electron chi connectivity index (χ1n) is 1.44. The van der Waals surface area contributed by atoms with Crippen molar-refractivity contribution < 1.29 is 41.4 Å². The minimum atomic E-state index is -5.02. The fourth-order valence-electron chi connectivity index (χ4n) is 0.107. The van der Waals surface area contributed by atoms with Crippen molar-refractivity contribution >= 4 is 0 Å². The molecule has 0 amide bonds. The summed E-state index contributed by atoms with van der Waals surface area (Å²) in [6.45, 7) is 0. The van der Waals surface area contributed by atoms with Gasteiger partial charge < -0.3 is 6.08 Å². The maximum atomic E-state index is 10.7. The Morgan fingerprint density at radius 1 is 1.11 bits per heavy atom. The van der Waals surface area contributed by atoms with Gasteiger partial charge in [-0.05, 0) is 0 Å². The van der Waals surface area contributed by atoms with Gasteiger partial charge in [0.2, 0.25) is 0 Å². The Labute approximate surface area is 60.5 Å². The van der Waals surface area contributed by atoms with Gasteiger partial charge in [0.15, 0.2) is 0 Å². The van der Waals surface area contributed by atoms with E-state index in [1.54, 1.807) is 0 Å². The van der Waals surface area contributed by atoms with Crippen LogP contribution in [-0.2, 0) is 19.5 Å². The summed E-state index contributed by atoms with van der Waals surface area (Å²) in [5, 5.41) is 0. The van der Waals surface area contributed by atoms with Crippen LogP contribution in [-0.4, -0.2) is 6.18 Å². The zero-order valence-corrected chi connectivity index (χ0v) is 7.06. The van der Waals surface area contributed by atoms with Crippen LogP contribution < -0.4 is 0 Å². The number of alkyl halides is 3. The SMILES string of the molecule is FC(F)=[C-]C(F)(F)F.[Zn]. The number of halogens is 5. The van der Waals surface area contributed by atoms with Crippen LogP contribution in [0.5, 0.6) is 0 Å². The van der Waals surface area contributed by atoms with Crippen molar-refractivity contribution in [2.24, 2.45) is 0 Å². The minimum absolute atomic E-state index is 0. The summed E-state index contributed by atoms with van der Waals surface area (Å²) < 4.78 is 53.3. The normalized spacial score (nSPS) is 9.89. The topological polar surface area (TPSA) is 0 Å². The maximum Gasteiger partial charge on any atom is 0.270 e. The predicted octanol–water partition coefficient (Wildman–Crippen LogP) is 2.13. The molecule has 6 heteroatoms. The van der Waals surface area contributed by atoms with Gasteiger partial charge >= 0.3 is 0 Å². The molecule has 0 fully saturated rings. The van der Waals surface area contributed by atoms with Gasteiger partial charge in [-0.25, -0.2) is 22.0 Å². The fraction of sp³-hybridized carbons (Fsp3) is 0.333. The summed E-state index contributed by atoms with van der Waals surface area (Å²) in [7, 11) is 0. The van der Waals surface area contributed by atoms with Crippen molar-refractivity contribution in [2.45, 2.75) is 6.18 Å². The Balaban J connectivity index is 0. The fourth-order valence-corrected chi connectivity index (χ4v) is 0.107. The largest absolute Gasteiger partial charge is 0.320 e. The molecule has 0 aliphatic heterocycles. The molecule has 0 heterocycles. The molecular weight excluding hydrogens is 196 g/mol. The maximum absolute atomic E-state index is 10.7. The molecule has 0 aromatic carbocycles. The molecule has 50 valence electrons. The quantitative estimate of drug-likeness (QED) is 0.316. The van der Waals surface area contributed by atoms with Crippen LogP contribution in [0.15, 0.2) is 6.08 Å². The summed E-state index contributed by atoms with van der Waals surface area (Å²) in [5.41, 5.74) is 0. The van der Waals surface area contributed by atoms with E-state index in [1.807, 2.05) is 0 Å². The smallest absolute Gasteiger partial charge is 0.270 e. The molecule has 0 nitrogen and oxygen atoms in total. The molecule has 0 N–H and O–H groups in total. The van der Waals surface area contributed by atoms with Gasteiger partial charge in [0, 0.05) is 19.5 Å². The summed E-state index contributed by atoms with van der Waals surface area (Å²) in [6, 6.07) is 0. The molecule has 0 spiro atoms. The molecule has 0 aromatic heterocycles. The molecule has 0 rings (SSSR count). The van der Waals surface area contributed by atoms with E-state index in [4.69, 9.17) is 0 Å². The average molecular weight is 196 g/mol. The van der Waals surface area contributed by atoms with Gasteiger partial charge in [-0.1, -0.05) is 0 Å². The molecule has 0 bridgehead atoms. The molecule has 0 saturated heterocycles. The van der Waals surface area contributed by atoms with Crippen molar-refractivity contribution in [3.05, 3.63) is 12.2 Å². The van der Waals surface area contributed by atoms with Crippen LogP contribution in [0.4, 0.5) is 22.0 Å². The van der Waals surface area contributed by atoms with E-state index in [9.17, 15) is 22.0 Å². The van der Waals surface area contributed by atoms with Crippen LogP contribution in [0, 0.1) is 6.08 Å². The Bertz CT molecular complexity index is 99.3. The number of rotatable bonds is 0. The van der Waals surface area contributed by atoms with E-state index in [0.29, 0.717) is 0 Å². The Kier molecular flexibility index (Phi) is 5.14. The van der Waals surface area contributed by atoms with Crippen LogP contribution in [0.3, 0.4) is 0 Å². The van der Waals surface area contributed by atoms with Gasteiger partial charge in [-0.2, -0.15) is 0 Å². The molecule has 9 heavy (non-hydrogen) atoms. The van der Waals surface area contributed by atoms with Gasteiger partial charge in [0.25, 0.3) is 6.18 Å². The van der Waals surface area contributed by atoms with Crippen LogP contribution in [0.2, 0.25) is 0 Å². The van der Waals surface area contributed by atoms with E-state index >= 15 is 0 Å². The molecule has 0 atom stereocenters. The van der Waals surface area contributed by atoms with Crippen LogP contribution >= 0.6 is 0 Å². The van der Waals surface area contributed by atoms with Gasteiger partial charge in [-0.3, -0.25) is 0 Å². The third-order valence-corrected chi connectivity index (χ3v) is 0.236. The zero-order valence-electron chi connectivity index (χ0n) is 4.10. The van der Waals surface area contributed by atoms with Crippen LogP contribution in [0.1, 0.15) is 0 Å². The molecule has 0 aliphatic carbocycles. The third kappa shape index (κ3) is 11.5. The van der Waals surface area contributed by atoms with E-state index in [-0.39, 0.29) is 25.6 Å². The van der Waals surface area contributed by atoms with Crippen molar-refractivity contribution in [1.29, 1.82) is 0 Å². The third-order valence-electron chi connectivity index (χ3n) is 0.236. The standard InChI is InChI=1S/C3F5.Zn/c4-2(5)1-3(6,7)8;/q-1;. The molecule has 0 saturated carbocycles. The second-order valence-corrected chi connectivity index (χ2v) is 0.883. The molecule has 0 unspecified atom stereocenters. The van der Waals surface area contributed by atoms with E-state index < -0.39 is 12.3 Å². The van der Waals surface area contributed by atoms with Crippen LogP contribution in [0.25, 0.3) is 0 Å². The van der Waals surface area contributed by atoms with Crippen molar-refractivity contribution in [3.63, 3.8) is 0 Å². The first kappa shape index (κ1) is 11.8. The monoisotopic (exact) mass is 195 g/mol. The first-order valence-corrected chi connectivity index (χ1v) is 1.44. The number of allylic oxidation sites excluding steroid dienone is 1. The van der Waals surface area contributed by atoms with Crippen molar-refractivity contribution in [1.82, 2.24) is 0 Å². The van der Waals surface area contributed by atoms with Gasteiger partial charge in [0.1, 0.15) is 0 Å². The molecule has 0 aromatic rings. The minimum Gasteiger partial charge on any atom is -0.320 e. The average Bonchev–Trinajstić information content (AvgIpc) is 1.21. The number of hydrogen-bond acceptors (Lipinski definition) is 0. The summed E-state index contributed by atoms with van der Waals surface area (Å²) in [5.74, 6) is 0. The van der Waals surface area contributed by atoms with Crippen molar-refractivity contribution in [2.75, 3.05) is 0 Å². The predicted molar refractivity (Wildman–Crippen MR) is 15.0 cm³/mol. The van der Waals surface area contributed by atoms with Gasteiger partial charge in [-0.15, -0.1) is 0 Å². The van der Waals surface area contributed by atoms with E-state index in [0.717, 1.165) is 0 Å². The van der Waals surface area contributed by atoms with E-state index in [1.165, 1.54) is 0 Å². The Morgan fingerprint density at radius 2 is 1.44 bits per heavy atom. The van der Waals surface area contributed by atoms with Gasteiger partial charge in [0.05, 0.1) is 6.08 Å². The van der Waals surface area contributed by atoms with Crippen molar-refractivity contribution in [3.8, 4) is 0 Å². The second-order valence-electron chi connectivity index (χ2n) is 0.883. The first-order chi connectivity index (χ1) is 3.42. The summed E-state index contributed by atoms with van der Waals surface area (Å²) in [4.78, 5) is 0. The molecule has 0 radical (unpaired) electrons. The summed E-state index contributed by atoms with van der Waals surface area (Å²) >= 11 is 0.